The lowest BCUT2D eigenvalue weighted by molar-refractivity contribution is -0.159. The van der Waals surface area contributed by atoms with Crippen molar-refractivity contribution in [2.24, 2.45) is 0 Å². The molecule has 0 radical (unpaired) electrons. The lowest BCUT2D eigenvalue weighted by atomic mass is 10.1. The quantitative estimate of drug-likeness (QED) is 0.832. The van der Waals surface area contributed by atoms with E-state index in [1.54, 1.807) is 11.8 Å². The Balaban J connectivity index is 1.76. The van der Waals surface area contributed by atoms with Gasteiger partial charge < -0.3 is 9.84 Å². The number of hydrogen-bond acceptors (Lipinski definition) is 5. The lowest BCUT2D eigenvalue weighted by Gasteiger charge is -2.22. The minimum Gasteiger partial charge on any atom is -0.348 e. The summed E-state index contributed by atoms with van der Waals surface area (Å²) in [5.41, 5.74) is -0.194. The summed E-state index contributed by atoms with van der Waals surface area (Å²) in [7, 11) is 0. The van der Waals surface area contributed by atoms with Gasteiger partial charge in [-0.05, 0) is 30.7 Å². The van der Waals surface area contributed by atoms with E-state index < -0.39 is 29.6 Å². The first-order valence-electron chi connectivity index (χ1n) is 7.44. The van der Waals surface area contributed by atoms with Gasteiger partial charge in [0.15, 0.2) is 0 Å². The van der Waals surface area contributed by atoms with Crippen molar-refractivity contribution in [2.75, 3.05) is 11.5 Å². The van der Waals surface area contributed by atoms with E-state index in [1.165, 1.54) is 12.1 Å². The topological polar surface area (TPSA) is 68.0 Å². The van der Waals surface area contributed by atoms with Crippen molar-refractivity contribution < 1.29 is 26.9 Å². The van der Waals surface area contributed by atoms with Crippen LogP contribution in [-0.4, -0.2) is 33.6 Å². The van der Waals surface area contributed by atoms with Crippen molar-refractivity contribution >= 4 is 17.7 Å². The zero-order chi connectivity index (χ0) is 18.0. The van der Waals surface area contributed by atoms with Crippen molar-refractivity contribution in [1.29, 1.82) is 0 Å². The number of halogens is 4. The molecular formula is C15H13F4N3O2S. The molecule has 0 aliphatic carbocycles. The van der Waals surface area contributed by atoms with E-state index in [4.69, 9.17) is 0 Å². The lowest BCUT2D eigenvalue weighted by Crippen LogP contribution is -2.38. The normalized spacial score (nSPS) is 18.2. The SMILES string of the molecule is O=C(NC1CCCSC1)c1ccc(-c2noc(C(F)(F)F)n2)cc1F. The summed E-state index contributed by atoms with van der Waals surface area (Å²) < 4.78 is 55.7. The molecule has 1 aromatic carbocycles. The Labute approximate surface area is 144 Å². The molecule has 1 saturated heterocycles. The summed E-state index contributed by atoms with van der Waals surface area (Å²) in [5, 5.41) is 5.95. The Morgan fingerprint density at radius 2 is 2.16 bits per heavy atom. The van der Waals surface area contributed by atoms with Gasteiger partial charge in [-0.15, -0.1) is 0 Å². The van der Waals surface area contributed by atoms with Gasteiger partial charge in [0, 0.05) is 17.4 Å². The maximum atomic E-state index is 14.2. The van der Waals surface area contributed by atoms with Crippen molar-refractivity contribution in [3.05, 3.63) is 35.5 Å². The van der Waals surface area contributed by atoms with E-state index >= 15 is 0 Å². The van der Waals surface area contributed by atoms with Gasteiger partial charge in [0.2, 0.25) is 5.82 Å². The number of nitrogens with zero attached hydrogens (tertiary/aromatic N) is 2. The van der Waals surface area contributed by atoms with Crippen LogP contribution in [0, 0.1) is 5.82 Å². The molecule has 1 aliphatic rings. The minimum absolute atomic E-state index is 0.0125. The van der Waals surface area contributed by atoms with Gasteiger partial charge in [0.1, 0.15) is 5.82 Å². The maximum Gasteiger partial charge on any atom is 0.471 e. The van der Waals surface area contributed by atoms with Crippen LogP contribution in [0.3, 0.4) is 0 Å². The molecule has 3 rings (SSSR count). The Morgan fingerprint density at radius 3 is 2.76 bits per heavy atom. The average molecular weight is 375 g/mol. The molecule has 0 spiro atoms. The highest BCUT2D eigenvalue weighted by Crippen LogP contribution is 2.29. The van der Waals surface area contributed by atoms with Crippen LogP contribution in [0.4, 0.5) is 17.6 Å². The van der Waals surface area contributed by atoms with Gasteiger partial charge >= 0.3 is 12.1 Å². The standard InChI is InChI=1S/C15H13F4N3O2S/c16-11-6-8(12-21-14(24-22-12)15(17,18)19)3-4-10(11)13(23)20-9-2-1-5-25-7-9/h3-4,6,9H,1-2,5,7H2,(H,20,23). The first-order chi connectivity index (χ1) is 11.8. The van der Waals surface area contributed by atoms with Gasteiger partial charge in [-0.2, -0.15) is 29.9 Å². The number of benzene rings is 1. The molecule has 2 aromatic rings. The first kappa shape index (κ1) is 17.7. The third-order valence-electron chi connectivity index (χ3n) is 3.64. The van der Waals surface area contributed by atoms with Crippen LogP contribution >= 0.6 is 11.8 Å². The number of amides is 1. The third kappa shape index (κ3) is 4.12. The highest BCUT2D eigenvalue weighted by atomic mass is 32.2. The molecule has 25 heavy (non-hydrogen) atoms. The largest absolute Gasteiger partial charge is 0.471 e. The maximum absolute atomic E-state index is 14.2. The van der Waals surface area contributed by atoms with Gasteiger partial charge in [0.25, 0.3) is 5.91 Å². The Morgan fingerprint density at radius 1 is 1.36 bits per heavy atom. The Hall–Kier alpha value is -2.10. The van der Waals surface area contributed by atoms with Crippen LogP contribution in [0.1, 0.15) is 29.1 Å². The van der Waals surface area contributed by atoms with E-state index in [0.29, 0.717) is 0 Å². The predicted molar refractivity (Wildman–Crippen MR) is 82.5 cm³/mol. The second-order valence-electron chi connectivity index (χ2n) is 5.50. The van der Waals surface area contributed by atoms with Crippen LogP contribution in [0.15, 0.2) is 22.7 Å². The fourth-order valence-corrected chi connectivity index (χ4v) is 3.48. The summed E-state index contributed by atoms with van der Waals surface area (Å²) in [6.07, 6.45) is -2.96. The molecule has 1 aromatic heterocycles. The molecule has 2 heterocycles. The molecule has 1 unspecified atom stereocenters. The van der Waals surface area contributed by atoms with Crippen LogP contribution in [0.5, 0.6) is 0 Å². The smallest absolute Gasteiger partial charge is 0.348 e. The second-order valence-corrected chi connectivity index (χ2v) is 6.65. The molecule has 10 heteroatoms. The molecule has 1 atom stereocenters. The van der Waals surface area contributed by atoms with Gasteiger partial charge in [0.05, 0.1) is 5.56 Å². The summed E-state index contributed by atoms with van der Waals surface area (Å²) in [4.78, 5) is 15.3. The predicted octanol–water partition coefficient (Wildman–Crippen LogP) is 3.52. The van der Waals surface area contributed by atoms with Crippen molar-refractivity contribution in [2.45, 2.75) is 25.1 Å². The second kappa shape index (κ2) is 7.03. The van der Waals surface area contributed by atoms with Crippen molar-refractivity contribution in [1.82, 2.24) is 15.5 Å². The monoisotopic (exact) mass is 375 g/mol. The highest BCUT2D eigenvalue weighted by molar-refractivity contribution is 7.99. The van der Waals surface area contributed by atoms with Crippen LogP contribution in [0.2, 0.25) is 0 Å². The number of hydrogen-bond donors (Lipinski definition) is 1. The Bertz CT molecular complexity index is 772. The molecule has 0 saturated carbocycles. The number of nitrogens with one attached hydrogen (secondary N) is 1. The van der Waals surface area contributed by atoms with Gasteiger partial charge in [-0.3, -0.25) is 4.79 Å². The average Bonchev–Trinajstić information content (AvgIpc) is 3.06. The zero-order valence-electron chi connectivity index (χ0n) is 12.8. The van der Waals surface area contributed by atoms with E-state index in [2.05, 4.69) is 20.0 Å². The minimum atomic E-state index is -4.78. The van der Waals surface area contributed by atoms with E-state index in [9.17, 15) is 22.4 Å². The van der Waals surface area contributed by atoms with E-state index in [-0.39, 0.29) is 17.2 Å². The number of rotatable bonds is 3. The number of aromatic nitrogens is 2. The van der Waals surface area contributed by atoms with E-state index in [0.717, 1.165) is 30.4 Å². The molecule has 5 nitrogen and oxygen atoms in total. The van der Waals surface area contributed by atoms with Crippen LogP contribution in [-0.2, 0) is 6.18 Å². The van der Waals surface area contributed by atoms with Gasteiger partial charge in [-0.1, -0.05) is 11.2 Å². The molecule has 1 N–H and O–H groups in total. The van der Waals surface area contributed by atoms with Crippen molar-refractivity contribution in [3.8, 4) is 11.4 Å². The molecule has 1 amide bonds. The number of carbonyl (C=O) groups excluding carboxylic acids is 1. The fourth-order valence-electron chi connectivity index (χ4n) is 2.41. The number of carbonyl (C=O) groups is 1. The third-order valence-corrected chi connectivity index (χ3v) is 4.85. The number of thioether (sulfide) groups is 1. The highest BCUT2D eigenvalue weighted by Gasteiger charge is 2.38. The van der Waals surface area contributed by atoms with Crippen LogP contribution in [0.25, 0.3) is 11.4 Å². The molecule has 134 valence electrons. The zero-order valence-corrected chi connectivity index (χ0v) is 13.6. The summed E-state index contributed by atoms with van der Waals surface area (Å²) in [6.45, 7) is 0. The van der Waals surface area contributed by atoms with E-state index in [1.807, 2.05) is 0 Å². The number of alkyl halides is 3. The van der Waals surface area contributed by atoms with Gasteiger partial charge in [-0.25, -0.2) is 4.39 Å². The molecular weight excluding hydrogens is 362 g/mol. The summed E-state index contributed by atoms with van der Waals surface area (Å²) >= 11 is 1.72. The first-order valence-corrected chi connectivity index (χ1v) is 8.59. The molecule has 1 fully saturated rings. The van der Waals surface area contributed by atoms with Crippen molar-refractivity contribution in [3.63, 3.8) is 0 Å². The molecule has 0 bridgehead atoms. The molecule has 1 aliphatic heterocycles. The Kier molecular flexibility index (Phi) is 4.98. The summed E-state index contributed by atoms with van der Waals surface area (Å²) in [6, 6.07) is 3.37. The summed E-state index contributed by atoms with van der Waals surface area (Å²) in [5.74, 6) is -1.52. The van der Waals surface area contributed by atoms with Crippen LogP contribution < -0.4 is 5.32 Å². The fraction of sp³-hybridized carbons (Fsp3) is 0.400.